The summed E-state index contributed by atoms with van der Waals surface area (Å²) < 4.78 is 5.11. The van der Waals surface area contributed by atoms with Crippen molar-refractivity contribution in [3.8, 4) is 0 Å². The number of rotatable bonds is 2. The molecule has 1 aromatic carbocycles. The number of carbonyl (C=O) groups is 1. The first-order valence-corrected chi connectivity index (χ1v) is 5.80. The van der Waals surface area contributed by atoms with E-state index in [0.717, 1.165) is 17.7 Å². The van der Waals surface area contributed by atoms with E-state index in [4.69, 9.17) is 10.5 Å². The van der Waals surface area contributed by atoms with Crippen LogP contribution in [0.5, 0.6) is 0 Å². The molecule has 0 spiro atoms. The number of ether oxygens (including phenoxy) is 1. The van der Waals surface area contributed by atoms with Crippen LogP contribution in [0, 0.1) is 0 Å². The van der Waals surface area contributed by atoms with Gasteiger partial charge < -0.3 is 10.5 Å². The van der Waals surface area contributed by atoms with Crippen LogP contribution < -0.4 is 10.6 Å². The lowest BCUT2D eigenvalue weighted by Gasteiger charge is -2.41. The second-order valence-electron chi connectivity index (χ2n) is 4.89. The zero-order valence-corrected chi connectivity index (χ0v) is 10.3. The Labute approximate surface area is 101 Å². The molecule has 1 aromatic rings. The molecule has 0 bridgehead atoms. The molecule has 1 amide bonds. The van der Waals surface area contributed by atoms with E-state index >= 15 is 0 Å². The highest BCUT2D eigenvalue weighted by Gasteiger charge is 2.37. The second-order valence-corrected chi connectivity index (χ2v) is 4.89. The van der Waals surface area contributed by atoms with Crippen molar-refractivity contribution in [1.29, 1.82) is 0 Å². The fraction of sp³-hybridized carbons (Fsp3) is 0.462. The molecule has 17 heavy (non-hydrogen) atoms. The number of carbonyl (C=O) groups excluding carboxylic acids is 1. The van der Waals surface area contributed by atoms with Crippen molar-refractivity contribution in [2.75, 3.05) is 11.5 Å². The van der Waals surface area contributed by atoms with E-state index in [2.05, 4.69) is 0 Å². The molecule has 0 aliphatic carbocycles. The Morgan fingerprint density at radius 2 is 2.24 bits per heavy atom. The van der Waals surface area contributed by atoms with Gasteiger partial charge in [-0.05, 0) is 31.5 Å². The highest BCUT2D eigenvalue weighted by molar-refractivity contribution is 5.90. The lowest BCUT2D eigenvalue weighted by Crippen LogP contribution is -2.52. The SMILES string of the molecule is CC1(C)CCOC(=O)N1c1cccc(CN)c1. The van der Waals surface area contributed by atoms with Crippen LogP contribution >= 0.6 is 0 Å². The van der Waals surface area contributed by atoms with Gasteiger partial charge in [-0.3, -0.25) is 4.90 Å². The molecule has 0 saturated carbocycles. The molecule has 0 radical (unpaired) electrons. The van der Waals surface area contributed by atoms with E-state index in [9.17, 15) is 4.79 Å². The minimum Gasteiger partial charge on any atom is -0.449 e. The van der Waals surface area contributed by atoms with Gasteiger partial charge in [0.05, 0.1) is 6.61 Å². The van der Waals surface area contributed by atoms with Gasteiger partial charge in [-0.2, -0.15) is 0 Å². The van der Waals surface area contributed by atoms with Crippen molar-refractivity contribution in [1.82, 2.24) is 0 Å². The van der Waals surface area contributed by atoms with Gasteiger partial charge in [0.15, 0.2) is 0 Å². The maximum absolute atomic E-state index is 11.9. The highest BCUT2D eigenvalue weighted by atomic mass is 16.6. The highest BCUT2D eigenvalue weighted by Crippen LogP contribution is 2.31. The van der Waals surface area contributed by atoms with Crippen molar-refractivity contribution in [2.24, 2.45) is 5.73 Å². The van der Waals surface area contributed by atoms with E-state index in [1.165, 1.54) is 0 Å². The molecule has 1 fully saturated rings. The maximum Gasteiger partial charge on any atom is 0.414 e. The molecule has 0 aromatic heterocycles. The Morgan fingerprint density at radius 3 is 2.88 bits per heavy atom. The summed E-state index contributed by atoms with van der Waals surface area (Å²) in [6.45, 7) is 5.04. The summed E-state index contributed by atoms with van der Waals surface area (Å²) in [6.07, 6.45) is 0.543. The maximum atomic E-state index is 11.9. The molecule has 4 nitrogen and oxygen atoms in total. The summed E-state index contributed by atoms with van der Waals surface area (Å²) >= 11 is 0. The molecular weight excluding hydrogens is 216 g/mol. The zero-order chi connectivity index (χ0) is 12.5. The molecule has 0 unspecified atom stereocenters. The molecule has 2 N–H and O–H groups in total. The van der Waals surface area contributed by atoms with Gasteiger partial charge in [0, 0.05) is 24.2 Å². The number of cyclic esters (lactones) is 1. The van der Waals surface area contributed by atoms with Crippen LogP contribution in [0.3, 0.4) is 0 Å². The third-order valence-corrected chi connectivity index (χ3v) is 3.13. The number of amides is 1. The van der Waals surface area contributed by atoms with Crippen molar-refractivity contribution in [3.05, 3.63) is 29.8 Å². The summed E-state index contributed by atoms with van der Waals surface area (Å²) in [7, 11) is 0. The summed E-state index contributed by atoms with van der Waals surface area (Å²) in [5.74, 6) is 0. The average Bonchev–Trinajstić information content (AvgIpc) is 2.28. The summed E-state index contributed by atoms with van der Waals surface area (Å²) in [4.78, 5) is 13.6. The minimum absolute atomic E-state index is 0.220. The van der Waals surface area contributed by atoms with Gasteiger partial charge in [0.1, 0.15) is 0 Å². The van der Waals surface area contributed by atoms with Crippen molar-refractivity contribution in [3.63, 3.8) is 0 Å². The first kappa shape index (κ1) is 11.9. The number of nitrogens with zero attached hydrogens (tertiary/aromatic N) is 1. The molecule has 2 rings (SSSR count). The molecule has 1 heterocycles. The first-order chi connectivity index (χ1) is 8.04. The van der Waals surface area contributed by atoms with E-state index in [1.807, 2.05) is 38.1 Å². The lowest BCUT2D eigenvalue weighted by molar-refractivity contribution is 0.115. The summed E-state index contributed by atoms with van der Waals surface area (Å²) in [6, 6.07) is 7.71. The topological polar surface area (TPSA) is 55.6 Å². The number of anilines is 1. The van der Waals surface area contributed by atoms with Crippen LogP contribution in [0.15, 0.2) is 24.3 Å². The molecule has 1 aliphatic rings. The predicted octanol–water partition coefficient (Wildman–Crippen LogP) is 2.27. The van der Waals surface area contributed by atoms with E-state index in [0.29, 0.717) is 13.2 Å². The molecule has 4 heteroatoms. The number of nitrogens with two attached hydrogens (primary N) is 1. The van der Waals surface area contributed by atoms with E-state index in [-0.39, 0.29) is 11.6 Å². The Morgan fingerprint density at radius 1 is 1.47 bits per heavy atom. The number of benzene rings is 1. The summed E-state index contributed by atoms with van der Waals surface area (Å²) in [5, 5.41) is 0. The third kappa shape index (κ3) is 2.26. The normalized spacial score (nSPS) is 19.0. The van der Waals surface area contributed by atoms with Crippen molar-refractivity contribution in [2.45, 2.75) is 32.4 Å². The quantitative estimate of drug-likeness (QED) is 0.854. The van der Waals surface area contributed by atoms with E-state index in [1.54, 1.807) is 4.90 Å². The van der Waals surface area contributed by atoms with Gasteiger partial charge in [0.25, 0.3) is 0 Å². The van der Waals surface area contributed by atoms with Gasteiger partial charge >= 0.3 is 6.09 Å². The van der Waals surface area contributed by atoms with Crippen LogP contribution in [0.2, 0.25) is 0 Å². The van der Waals surface area contributed by atoms with Crippen LogP contribution in [0.4, 0.5) is 10.5 Å². The Hall–Kier alpha value is -1.55. The van der Waals surface area contributed by atoms with Gasteiger partial charge in [0.2, 0.25) is 0 Å². The molecular formula is C13H18N2O2. The lowest BCUT2D eigenvalue weighted by atomic mass is 9.96. The standard InChI is InChI=1S/C13H18N2O2/c1-13(2)6-7-17-12(16)15(13)11-5-3-4-10(8-11)9-14/h3-5,8H,6-7,9,14H2,1-2H3. The van der Waals surface area contributed by atoms with Crippen molar-refractivity contribution >= 4 is 11.8 Å². The number of hydrogen-bond acceptors (Lipinski definition) is 3. The molecule has 0 atom stereocenters. The molecule has 1 aliphatic heterocycles. The third-order valence-electron chi connectivity index (χ3n) is 3.13. The predicted molar refractivity (Wildman–Crippen MR) is 66.9 cm³/mol. The largest absolute Gasteiger partial charge is 0.449 e. The van der Waals surface area contributed by atoms with Crippen LogP contribution in [0.1, 0.15) is 25.8 Å². The van der Waals surface area contributed by atoms with Gasteiger partial charge in [-0.1, -0.05) is 12.1 Å². The molecule has 92 valence electrons. The minimum atomic E-state index is -0.282. The Kier molecular flexibility index (Phi) is 3.07. The first-order valence-electron chi connectivity index (χ1n) is 5.80. The Bertz CT molecular complexity index is 429. The monoisotopic (exact) mass is 234 g/mol. The van der Waals surface area contributed by atoms with Crippen LogP contribution in [0.25, 0.3) is 0 Å². The van der Waals surface area contributed by atoms with Crippen LogP contribution in [-0.4, -0.2) is 18.2 Å². The van der Waals surface area contributed by atoms with Gasteiger partial charge in [-0.25, -0.2) is 4.79 Å². The summed E-state index contributed by atoms with van der Waals surface area (Å²) in [5.41, 5.74) is 7.26. The second kappa shape index (κ2) is 4.37. The van der Waals surface area contributed by atoms with Crippen molar-refractivity contribution < 1.29 is 9.53 Å². The van der Waals surface area contributed by atoms with Gasteiger partial charge in [-0.15, -0.1) is 0 Å². The fourth-order valence-electron chi connectivity index (χ4n) is 2.09. The Balaban J connectivity index is 2.38. The van der Waals surface area contributed by atoms with E-state index < -0.39 is 0 Å². The smallest absolute Gasteiger partial charge is 0.414 e. The fourth-order valence-corrected chi connectivity index (χ4v) is 2.09. The number of hydrogen-bond donors (Lipinski definition) is 1. The molecule has 1 saturated heterocycles. The van der Waals surface area contributed by atoms with Crippen LogP contribution in [-0.2, 0) is 11.3 Å². The zero-order valence-electron chi connectivity index (χ0n) is 10.3. The average molecular weight is 234 g/mol.